The van der Waals surface area contributed by atoms with Gasteiger partial charge in [-0.25, -0.2) is 4.98 Å². The van der Waals surface area contributed by atoms with E-state index in [1.54, 1.807) is 24.4 Å². The van der Waals surface area contributed by atoms with E-state index in [1.165, 1.54) is 0 Å². The second kappa shape index (κ2) is 12.4. The third-order valence-electron chi connectivity index (χ3n) is 5.73. The van der Waals surface area contributed by atoms with Gasteiger partial charge < -0.3 is 10.4 Å². The number of carbonyl (C=O) groups excluding carboxylic acids is 2. The van der Waals surface area contributed by atoms with E-state index in [0.717, 1.165) is 29.5 Å². The van der Waals surface area contributed by atoms with Crippen molar-refractivity contribution >= 4 is 23.5 Å². The van der Waals surface area contributed by atoms with Crippen molar-refractivity contribution in [1.82, 2.24) is 4.98 Å². The number of aromatic nitrogens is 1. The third kappa shape index (κ3) is 7.37. The summed E-state index contributed by atoms with van der Waals surface area (Å²) in [5.74, 6) is -1.40. The molecule has 6 heteroatoms. The Morgan fingerprint density at radius 1 is 0.941 bits per heavy atom. The van der Waals surface area contributed by atoms with Crippen LogP contribution in [0.25, 0.3) is 11.1 Å². The molecule has 3 rings (SSSR count). The van der Waals surface area contributed by atoms with Crippen molar-refractivity contribution in [1.29, 1.82) is 0 Å². The molecule has 0 bridgehead atoms. The van der Waals surface area contributed by atoms with Crippen LogP contribution in [0, 0.1) is 5.92 Å². The highest BCUT2D eigenvalue weighted by Crippen LogP contribution is 2.22. The predicted molar refractivity (Wildman–Crippen MR) is 133 cm³/mol. The Kier molecular flexibility index (Phi) is 9.09. The molecule has 176 valence electrons. The molecule has 0 spiro atoms. The van der Waals surface area contributed by atoms with Gasteiger partial charge in [-0.3, -0.25) is 14.4 Å². The average Bonchev–Trinajstić information content (AvgIpc) is 2.86. The van der Waals surface area contributed by atoms with Crippen molar-refractivity contribution < 1.29 is 19.5 Å². The summed E-state index contributed by atoms with van der Waals surface area (Å²) in [6.07, 6.45) is 4.95. The standard InChI is InChI=1S/C28H30N2O4/c1-2-3-9-27(32)30-26-17-16-24(19-29-26)21-12-14-22(15-13-21)25(31)18-23(28(33)34)11-10-20-7-5-4-6-8-20/h4-8,12-17,19,23H,2-3,9-11,18H2,1H3,(H,33,34)(H,29,30,32). The van der Waals surface area contributed by atoms with Gasteiger partial charge in [-0.05, 0) is 42.5 Å². The molecule has 1 amide bonds. The molecule has 0 saturated heterocycles. The van der Waals surface area contributed by atoms with Crippen LogP contribution in [0.1, 0.15) is 54.9 Å². The molecule has 0 aliphatic heterocycles. The molecule has 0 aliphatic rings. The summed E-state index contributed by atoms with van der Waals surface area (Å²) in [6.45, 7) is 2.04. The van der Waals surface area contributed by atoms with Crippen LogP contribution in [0.15, 0.2) is 72.9 Å². The first-order chi connectivity index (χ1) is 16.5. The van der Waals surface area contributed by atoms with Crippen LogP contribution in [0.5, 0.6) is 0 Å². The number of aliphatic carboxylic acids is 1. The number of amides is 1. The van der Waals surface area contributed by atoms with E-state index >= 15 is 0 Å². The summed E-state index contributed by atoms with van der Waals surface area (Å²) in [4.78, 5) is 40.6. The zero-order valence-electron chi connectivity index (χ0n) is 19.4. The number of unbranched alkanes of at least 4 members (excludes halogenated alkanes) is 1. The number of carboxylic acids is 1. The van der Waals surface area contributed by atoms with Crippen LogP contribution >= 0.6 is 0 Å². The van der Waals surface area contributed by atoms with Crippen molar-refractivity contribution in [3.05, 3.63) is 84.1 Å². The van der Waals surface area contributed by atoms with Crippen LogP contribution in [0.2, 0.25) is 0 Å². The Hall–Kier alpha value is -3.80. The average molecular weight is 459 g/mol. The number of ketones is 1. The fourth-order valence-electron chi connectivity index (χ4n) is 3.67. The topological polar surface area (TPSA) is 96.4 Å². The summed E-state index contributed by atoms with van der Waals surface area (Å²) in [6, 6.07) is 20.4. The summed E-state index contributed by atoms with van der Waals surface area (Å²) >= 11 is 0. The molecular weight excluding hydrogens is 428 g/mol. The molecule has 1 aromatic heterocycles. The molecule has 1 heterocycles. The minimum absolute atomic E-state index is 0.0322. The Morgan fingerprint density at radius 3 is 2.26 bits per heavy atom. The number of anilines is 1. The summed E-state index contributed by atoms with van der Waals surface area (Å²) in [5.41, 5.74) is 3.29. The van der Waals surface area contributed by atoms with Gasteiger partial charge in [-0.15, -0.1) is 0 Å². The zero-order chi connectivity index (χ0) is 24.3. The van der Waals surface area contributed by atoms with Gasteiger partial charge in [0.15, 0.2) is 5.78 Å². The molecule has 2 N–H and O–H groups in total. The van der Waals surface area contributed by atoms with Crippen molar-refractivity contribution in [2.75, 3.05) is 5.32 Å². The summed E-state index contributed by atoms with van der Waals surface area (Å²) in [5, 5.41) is 12.4. The maximum atomic E-state index is 12.7. The molecule has 0 aliphatic carbocycles. The maximum Gasteiger partial charge on any atom is 0.306 e. The molecule has 2 aromatic carbocycles. The molecule has 0 fully saturated rings. The first-order valence-corrected chi connectivity index (χ1v) is 11.6. The number of benzene rings is 2. The van der Waals surface area contributed by atoms with Gasteiger partial charge in [0.25, 0.3) is 0 Å². The molecule has 1 atom stereocenters. The van der Waals surface area contributed by atoms with Crippen LogP contribution in [-0.4, -0.2) is 27.8 Å². The number of Topliss-reactive ketones (excluding diaryl/α,β-unsaturated/α-hetero) is 1. The molecule has 1 unspecified atom stereocenters. The van der Waals surface area contributed by atoms with Crippen molar-refractivity contribution in [2.24, 2.45) is 5.92 Å². The van der Waals surface area contributed by atoms with Gasteiger partial charge in [0.1, 0.15) is 5.82 Å². The smallest absolute Gasteiger partial charge is 0.306 e. The van der Waals surface area contributed by atoms with Crippen LogP contribution in [-0.2, 0) is 16.0 Å². The van der Waals surface area contributed by atoms with E-state index in [2.05, 4.69) is 10.3 Å². The zero-order valence-corrected chi connectivity index (χ0v) is 19.4. The number of pyridine rings is 1. The van der Waals surface area contributed by atoms with Gasteiger partial charge in [0.2, 0.25) is 5.91 Å². The minimum Gasteiger partial charge on any atom is -0.481 e. The fourth-order valence-corrected chi connectivity index (χ4v) is 3.67. The van der Waals surface area contributed by atoms with E-state index in [4.69, 9.17) is 0 Å². The van der Waals surface area contributed by atoms with Crippen molar-refractivity contribution in [3.8, 4) is 11.1 Å². The number of rotatable bonds is 12. The number of nitrogens with zero attached hydrogens (tertiary/aromatic N) is 1. The molecule has 6 nitrogen and oxygen atoms in total. The maximum absolute atomic E-state index is 12.7. The lowest BCUT2D eigenvalue weighted by Crippen LogP contribution is -2.19. The van der Waals surface area contributed by atoms with Crippen molar-refractivity contribution in [3.63, 3.8) is 0 Å². The van der Waals surface area contributed by atoms with Gasteiger partial charge in [-0.1, -0.05) is 67.9 Å². The fraction of sp³-hybridized carbons (Fsp3) is 0.286. The van der Waals surface area contributed by atoms with E-state index in [9.17, 15) is 19.5 Å². The number of hydrogen-bond donors (Lipinski definition) is 2. The monoisotopic (exact) mass is 458 g/mol. The van der Waals surface area contributed by atoms with Gasteiger partial charge in [0.05, 0.1) is 5.92 Å². The molecule has 34 heavy (non-hydrogen) atoms. The lowest BCUT2D eigenvalue weighted by Gasteiger charge is -2.12. The molecule has 0 saturated carbocycles. The Balaban J connectivity index is 1.58. The number of nitrogens with one attached hydrogen (secondary N) is 1. The highest BCUT2D eigenvalue weighted by molar-refractivity contribution is 5.98. The van der Waals surface area contributed by atoms with Crippen LogP contribution in [0.3, 0.4) is 0 Å². The quantitative estimate of drug-likeness (QED) is 0.335. The van der Waals surface area contributed by atoms with E-state index in [-0.39, 0.29) is 18.1 Å². The SMILES string of the molecule is CCCCC(=O)Nc1ccc(-c2ccc(C(=O)CC(CCc3ccccc3)C(=O)O)cc2)cn1. The van der Waals surface area contributed by atoms with E-state index < -0.39 is 11.9 Å². The Morgan fingerprint density at radius 2 is 1.65 bits per heavy atom. The van der Waals surface area contributed by atoms with E-state index in [1.807, 2.05) is 55.5 Å². The van der Waals surface area contributed by atoms with Crippen LogP contribution < -0.4 is 5.32 Å². The largest absolute Gasteiger partial charge is 0.481 e. The van der Waals surface area contributed by atoms with Gasteiger partial charge in [-0.2, -0.15) is 0 Å². The number of aryl methyl sites for hydroxylation is 1. The Labute approximate surface area is 200 Å². The highest BCUT2D eigenvalue weighted by atomic mass is 16.4. The molecule has 0 radical (unpaired) electrons. The number of hydrogen-bond acceptors (Lipinski definition) is 4. The Bertz CT molecular complexity index is 1090. The lowest BCUT2D eigenvalue weighted by molar-refractivity contribution is -0.141. The summed E-state index contributed by atoms with van der Waals surface area (Å²) in [7, 11) is 0. The van der Waals surface area contributed by atoms with Gasteiger partial charge in [0, 0.05) is 30.2 Å². The first-order valence-electron chi connectivity index (χ1n) is 11.6. The predicted octanol–water partition coefficient (Wildman–Crippen LogP) is 5.78. The lowest BCUT2D eigenvalue weighted by atomic mass is 9.92. The highest BCUT2D eigenvalue weighted by Gasteiger charge is 2.22. The molecule has 3 aromatic rings. The second-order valence-corrected chi connectivity index (χ2v) is 8.35. The minimum atomic E-state index is -0.950. The summed E-state index contributed by atoms with van der Waals surface area (Å²) < 4.78 is 0. The van der Waals surface area contributed by atoms with Crippen molar-refractivity contribution in [2.45, 2.75) is 45.4 Å². The van der Waals surface area contributed by atoms with Crippen LogP contribution in [0.4, 0.5) is 5.82 Å². The third-order valence-corrected chi connectivity index (χ3v) is 5.73. The first kappa shape index (κ1) is 24.8. The number of carbonyl (C=O) groups is 3. The second-order valence-electron chi connectivity index (χ2n) is 8.35. The normalized spacial score (nSPS) is 11.6. The molecular formula is C28H30N2O4. The number of carboxylic acid groups (broad SMARTS) is 1. The van der Waals surface area contributed by atoms with E-state index in [0.29, 0.717) is 30.6 Å². The van der Waals surface area contributed by atoms with Gasteiger partial charge >= 0.3 is 5.97 Å².